The Balaban J connectivity index is 1.79. The normalized spacial score (nSPS) is 10.2. The third kappa shape index (κ3) is 6.25. The monoisotopic (exact) mass is 341 g/mol. The summed E-state index contributed by atoms with van der Waals surface area (Å²) in [6.07, 6.45) is 1.94. The summed E-state index contributed by atoms with van der Waals surface area (Å²) in [4.78, 5) is 29.6. The molecule has 0 radical (unpaired) electrons. The second-order valence-electron chi connectivity index (χ2n) is 5.64. The molecule has 1 N–H and O–H groups in total. The van der Waals surface area contributed by atoms with Crippen LogP contribution in [0.3, 0.4) is 0 Å². The van der Waals surface area contributed by atoms with Crippen molar-refractivity contribution in [2.75, 3.05) is 13.7 Å². The average molecular weight is 341 g/mol. The van der Waals surface area contributed by atoms with E-state index in [1.807, 2.05) is 42.5 Å². The first kappa shape index (κ1) is 18.4. The van der Waals surface area contributed by atoms with Gasteiger partial charge < -0.3 is 15.0 Å². The molecule has 0 unspecified atom stereocenters. The lowest BCUT2D eigenvalue weighted by molar-refractivity contribution is -0.130. The van der Waals surface area contributed by atoms with Crippen LogP contribution in [0.1, 0.15) is 24.6 Å². The molecule has 2 aromatic rings. The van der Waals surface area contributed by atoms with Gasteiger partial charge in [-0.25, -0.2) is 0 Å². The van der Waals surface area contributed by atoms with Crippen molar-refractivity contribution >= 4 is 11.8 Å². The van der Waals surface area contributed by atoms with E-state index in [4.69, 9.17) is 4.74 Å². The van der Waals surface area contributed by atoms with Crippen LogP contribution in [0.2, 0.25) is 0 Å². The number of carbonyl (C=O) groups excluding carboxylic acids is 2. The summed E-state index contributed by atoms with van der Waals surface area (Å²) in [5.74, 6) is 0.610. The van der Waals surface area contributed by atoms with E-state index >= 15 is 0 Å². The quantitative estimate of drug-likeness (QED) is 0.798. The van der Waals surface area contributed by atoms with Gasteiger partial charge in [0.05, 0.1) is 19.3 Å². The predicted molar refractivity (Wildman–Crippen MR) is 94.8 cm³/mol. The zero-order valence-electron chi connectivity index (χ0n) is 14.6. The van der Waals surface area contributed by atoms with E-state index in [-0.39, 0.29) is 18.2 Å². The molecule has 6 nitrogen and oxygen atoms in total. The maximum Gasteiger partial charge on any atom is 0.222 e. The predicted octanol–water partition coefficient (Wildman–Crippen LogP) is 2.15. The van der Waals surface area contributed by atoms with Gasteiger partial charge in [0.2, 0.25) is 11.8 Å². The SMILES string of the molecule is COc1ccc(CNC(=O)CCN(Cc2ccccn2)C(C)=O)cc1. The van der Waals surface area contributed by atoms with Crippen LogP contribution in [0.5, 0.6) is 5.75 Å². The lowest BCUT2D eigenvalue weighted by Gasteiger charge is -2.20. The van der Waals surface area contributed by atoms with Crippen LogP contribution in [0.15, 0.2) is 48.7 Å². The maximum absolute atomic E-state index is 12.0. The minimum atomic E-state index is -0.0944. The van der Waals surface area contributed by atoms with Crippen molar-refractivity contribution in [2.24, 2.45) is 0 Å². The summed E-state index contributed by atoms with van der Waals surface area (Å²) in [6, 6.07) is 13.1. The zero-order chi connectivity index (χ0) is 18.1. The molecule has 0 aliphatic heterocycles. The molecule has 132 valence electrons. The highest BCUT2D eigenvalue weighted by atomic mass is 16.5. The van der Waals surface area contributed by atoms with Crippen LogP contribution in [0, 0.1) is 0 Å². The number of methoxy groups -OCH3 is 1. The average Bonchev–Trinajstić information content (AvgIpc) is 2.64. The number of rotatable bonds is 8. The molecule has 0 spiro atoms. The van der Waals surface area contributed by atoms with Gasteiger partial charge in [-0.2, -0.15) is 0 Å². The van der Waals surface area contributed by atoms with E-state index in [0.29, 0.717) is 19.6 Å². The second kappa shape index (κ2) is 9.42. The van der Waals surface area contributed by atoms with Gasteiger partial charge >= 0.3 is 0 Å². The first-order chi connectivity index (χ1) is 12.1. The van der Waals surface area contributed by atoms with Gasteiger partial charge in [-0.1, -0.05) is 18.2 Å². The highest BCUT2D eigenvalue weighted by Gasteiger charge is 2.12. The van der Waals surface area contributed by atoms with E-state index in [9.17, 15) is 9.59 Å². The topological polar surface area (TPSA) is 71.5 Å². The van der Waals surface area contributed by atoms with Crippen LogP contribution in [0.25, 0.3) is 0 Å². The molecular weight excluding hydrogens is 318 g/mol. The van der Waals surface area contributed by atoms with E-state index in [2.05, 4.69) is 10.3 Å². The molecule has 0 atom stereocenters. The van der Waals surface area contributed by atoms with Gasteiger partial charge in [0.1, 0.15) is 5.75 Å². The minimum absolute atomic E-state index is 0.0754. The lowest BCUT2D eigenvalue weighted by Crippen LogP contribution is -2.33. The van der Waals surface area contributed by atoms with Gasteiger partial charge in [-0.15, -0.1) is 0 Å². The van der Waals surface area contributed by atoms with Crippen molar-refractivity contribution < 1.29 is 14.3 Å². The molecule has 1 aromatic carbocycles. The standard InChI is InChI=1S/C19H23N3O3/c1-15(23)22(14-17-5-3-4-11-20-17)12-10-19(24)21-13-16-6-8-18(25-2)9-7-16/h3-9,11H,10,12-14H2,1-2H3,(H,21,24). The summed E-state index contributed by atoms with van der Waals surface area (Å²) in [5.41, 5.74) is 1.79. The zero-order valence-corrected chi connectivity index (χ0v) is 14.6. The molecule has 0 saturated carbocycles. The first-order valence-electron chi connectivity index (χ1n) is 8.13. The van der Waals surface area contributed by atoms with E-state index in [0.717, 1.165) is 17.0 Å². The third-order valence-corrected chi connectivity index (χ3v) is 3.78. The van der Waals surface area contributed by atoms with E-state index in [1.54, 1.807) is 18.2 Å². The molecule has 25 heavy (non-hydrogen) atoms. The molecular formula is C19H23N3O3. The molecule has 1 heterocycles. The number of ether oxygens (including phenoxy) is 1. The molecule has 6 heteroatoms. The maximum atomic E-state index is 12.0. The van der Waals surface area contributed by atoms with Crippen molar-refractivity contribution in [3.05, 3.63) is 59.9 Å². The molecule has 1 aromatic heterocycles. The fourth-order valence-corrected chi connectivity index (χ4v) is 2.30. The number of hydrogen-bond acceptors (Lipinski definition) is 4. The Morgan fingerprint density at radius 1 is 1.16 bits per heavy atom. The summed E-state index contributed by atoms with van der Waals surface area (Å²) in [7, 11) is 1.61. The molecule has 0 aliphatic carbocycles. The van der Waals surface area contributed by atoms with Crippen molar-refractivity contribution in [2.45, 2.75) is 26.4 Å². The second-order valence-corrected chi connectivity index (χ2v) is 5.64. The highest BCUT2D eigenvalue weighted by molar-refractivity contribution is 5.78. The Morgan fingerprint density at radius 2 is 1.92 bits per heavy atom. The number of pyridine rings is 1. The largest absolute Gasteiger partial charge is 0.497 e. The highest BCUT2D eigenvalue weighted by Crippen LogP contribution is 2.11. The smallest absolute Gasteiger partial charge is 0.222 e. The minimum Gasteiger partial charge on any atom is -0.497 e. The fraction of sp³-hybridized carbons (Fsp3) is 0.316. The van der Waals surface area contributed by atoms with Crippen LogP contribution >= 0.6 is 0 Å². The molecule has 0 fully saturated rings. The van der Waals surface area contributed by atoms with Gasteiger partial charge in [-0.05, 0) is 29.8 Å². The van der Waals surface area contributed by atoms with Gasteiger partial charge in [-0.3, -0.25) is 14.6 Å². The van der Waals surface area contributed by atoms with Crippen molar-refractivity contribution in [3.8, 4) is 5.75 Å². The van der Waals surface area contributed by atoms with Crippen molar-refractivity contribution in [1.82, 2.24) is 15.2 Å². The Hall–Kier alpha value is -2.89. The lowest BCUT2D eigenvalue weighted by atomic mass is 10.2. The molecule has 0 aliphatic rings. The van der Waals surface area contributed by atoms with Gasteiger partial charge in [0.25, 0.3) is 0 Å². The Kier molecular flexibility index (Phi) is 6.95. The van der Waals surface area contributed by atoms with Crippen LogP contribution in [-0.4, -0.2) is 35.4 Å². The van der Waals surface area contributed by atoms with Crippen LogP contribution < -0.4 is 10.1 Å². The van der Waals surface area contributed by atoms with E-state index < -0.39 is 0 Å². The number of nitrogens with one attached hydrogen (secondary N) is 1. The van der Waals surface area contributed by atoms with Crippen LogP contribution in [0.4, 0.5) is 0 Å². The summed E-state index contributed by atoms with van der Waals surface area (Å²) < 4.78 is 5.10. The summed E-state index contributed by atoms with van der Waals surface area (Å²) in [5, 5.41) is 2.86. The molecule has 0 saturated heterocycles. The van der Waals surface area contributed by atoms with Crippen LogP contribution in [-0.2, 0) is 22.7 Å². The van der Waals surface area contributed by atoms with Crippen molar-refractivity contribution in [1.29, 1.82) is 0 Å². The molecule has 2 rings (SSSR count). The first-order valence-corrected chi connectivity index (χ1v) is 8.13. The Morgan fingerprint density at radius 3 is 2.52 bits per heavy atom. The number of aromatic nitrogens is 1. The summed E-state index contributed by atoms with van der Waals surface area (Å²) >= 11 is 0. The number of carbonyl (C=O) groups is 2. The van der Waals surface area contributed by atoms with Gasteiger partial charge in [0.15, 0.2) is 0 Å². The molecule has 0 bridgehead atoms. The number of nitrogens with zero attached hydrogens (tertiary/aromatic N) is 2. The summed E-state index contributed by atoms with van der Waals surface area (Å²) in [6.45, 7) is 2.71. The Bertz CT molecular complexity index is 687. The fourth-order valence-electron chi connectivity index (χ4n) is 2.30. The number of benzene rings is 1. The Labute approximate surface area is 147 Å². The number of hydrogen-bond donors (Lipinski definition) is 1. The third-order valence-electron chi connectivity index (χ3n) is 3.78. The van der Waals surface area contributed by atoms with Gasteiger partial charge in [0, 0.05) is 32.6 Å². The number of amides is 2. The van der Waals surface area contributed by atoms with Crippen molar-refractivity contribution in [3.63, 3.8) is 0 Å². The molecule has 2 amide bonds. The van der Waals surface area contributed by atoms with E-state index in [1.165, 1.54) is 6.92 Å².